The molecule has 0 aromatic carbocycles. The molecule has 1 saturated carbocycles. The third-order valence-corrected chi connectivity index (χ3v) is 4.82. The Bertz CT molecular complexity index is 313. The van der Waals surface area contributed by atoms with Crippen LogP contribution in [0.5, 0.6) is 0 Å². The first-order chi connectivity index (χ1) is 9.63. The molecule has 21 heavy (non-hydrogen) atoms. The smallest absolute Gasteiger partial charge is 0.249 e. The molecule has 1 aliphatic heterocycles. The summed E-state index contributed by atoms with van der Waals surface area (Å²) in [6, 6.07) is 0. The minimum absolute atomic E-state index is 0. The van der Waals surface area contributed by atoms with Gasteiger partial charge in [-0.2, -0.15) is 0 Å². The molecule has 5 heteroatoms. The lowest BCUT2D eigenvalue weighted by molar-refractivity contribution is -0.137. The quantitative estimate of drug-likeness (QED) is 0.791. The van der Waals surface area contributed by atoms with Gasteiger partial charge in [0.1, 0.15) is 6.10 Å². The van der Waals surface area contributed by atoms with E-state index in [4.69, 9.17) is 4.74 Å². The molecule has 2 fully saturated rings. The normalized spacial score (nSPS) is 23.3. The molecule has 2 N–H and O–H groups in total. The van der Waals surface area contributed by atoms with Crippen LogP contribution in [0.15, 0.2) is 0 Å². The topological polar surface area (TPSA) is 50.4 Å². The van der Waals surface area contributed by atoms with Crippen molar-refractivity contribution in [3.63, 3.8) is 0 Å². The van der Waals surface area contributed by atoms with Gasteiger partial charge < -0.3 is 15.4 Å². The van der Waals surface area contributed by atoms with Crippen LogP contribution in [-0.2, 0) is 9.53 Å². The third-order valence-electron chi connectivity index (χ3n) is 4.82. The fourth-order valence-corrected chi connectivity index (χ4v) is 3.22. The van der Waals surface area contributed by atoms with Gasteiger partial charge in [0, 0.05) is 6.54 Å². The summed E-state index contributed by atoms with van der Waals surface area (Å²) in [7, 11) is 0. The Balaban J connectivity index is 0.00000220. The molecule has 2 aliphatic rings. The summed E-state index contributed by atoms with van der Waals surface area (Å²) in [6.45, 7) is 7.20. The summed E-state index contributed by atoms with van der Waals surface area (Å²) >= 11 is 0. The van der Waals surface area contributed by atoms with Crippen LogP contribution < -0.4 is 10.6 Å². The lowest BCUT2D eigenvalue weighted by Gasteiger charge is -2.34. The van der Waals surface area contributed by atoms with E-state index in [1.54, 1.807) is 0 Å². The fraction of sp³-hybridized carbons (Fsp3) is 0.938. The summed E-state index contributed by atoms with van der Waals surface area (Å²) in [5, 5.41) is 6.50. The van der Waals surface area contributed by atoms with Gasteiger partial charge in [0.05, 0.1) is 6.10 Å². The van der Waals surface area contributed by atoms with Crippen LogP contribution in [0.25, 0.3) is 0 Å². The van der Waals surface area contributed by atoms with Crippen molar-refractivity contribution in [3.8, 4) is 0 Å². The standard InChI is InChI=1S/C16H30N2O2.ClH/c1-3-14(20-13-6-4-5-7-13)15(19)18-12-16(2)8-10-17-11-9-16;/h13-14,17H,3-12H2,1-2H3,(H,18,19);1H. The SMILES string of the molecule is CCC(OC1CCCC1)C(=O)NCC1(C)CCNCC1.Cl. The van der Waals surface area contributed by atoms with Crippen LogP contribution in [0, 0.1) is 5.41 Å². The van der Waals surface area contributed by atoms with E-state index in [0.717, 1.165) is 51.7 Å². The van der Waals surface area contributed by atoms with Gasteiger partial charge in [0.15, 0.2) is 0 Å². The minimum atomic E-state index is -0.261. The number of ether oxygens (including phenoxy) is 1. The second kappa shape index (κ2) is 8.96. The molecule has 1 amide bonds. The van der Waals surface area contributed by atoms with Gasteiger partial charge in [-0.25, -0.2) is 0 Å². The monoisotopic (exact) mass is 318 g/mol. The third kappa shape index (κ3) is 5.76. The molecule has 0 radical (unpaired) electrons. The molecule has 2 rings (SSSR count). The maximum atomic E-state index is 12.3. The lowest BCUT2D eigenvalue weighted by atomic mass is 9.81. The van der Waals surface area contributed by atoms with E-state index in [9.17, 15) is 4.79 Å². The predicted molar refractivity (Wildman–Crippen MR) is 87.9 cm³/mol. The molecule has 1 heterocycles. The van der Waals surface area contributed by atoms with E-state index >= 15 is 0 Å². The molecule has 1 saturated heterocycles. The van der Waals surface area contributed by atoms with Crippen molar-refractivity contribution in [1.82, 2.24) is 10.6 Å². The molecule has 4 nitrogen and oxygen atoms in total. The lowest BCUT2D eigenvalue weighted by Crippen LogP contribution is -2.46. The number of amides is 1. The van der Waals surface area contributed by atoms with Crippen molar-refractivity contribution >= 4 is 18.3 Å². The maximum absolute atomic E-state index is 12.3. The molecule has 124 valence electrons. The summed E-state index contributed by atoms with van der Waals surface area (Å²) in [6.07, 6.45) is 7.80. The molecular weight excluding hydrogens is 288 g/mol. The number of carbonyl (C=O) groups excluding carboxylic acids is 1. The first-order valence-corrected chi connectivity index (χ1v) is 8.27. The van der Waals surface area contributed by atoms with E-state index in [1.165, 1.54) is 12.8 Å². The second-order valence-electron chi connectivity index (χ2n) is 6.72. The van der Waals surface area contributed by atoms with Crippen molar-refractivity contribution in [2.24, 2.45) is 5.41 Å². The Morgan fingerprint density at radius 3 is 2.52 bits per heavy atom. The van der Waals surface area contributed by atoms with E-state index in [-0.39, 0.29) is 29.8 Å². The summed E-state index contributed by atoms with van der Waals surface area (Å²) < 4.78 is 5.97. The molecule has 0 aromatic rings. The largest absolute Gasteiger partial charge is 0.365 e. The highest BCUT2D eigenvalue weighted by Crippen LogP contribution is 2.27. The Hall–Kier alpha value is -0.320. The van der Waals surface area contributed by atoms with Crippen LogP contribution >= 0.6 is 12.4 Å². The summed E-state index contributed by atoms with van der Waals surface area (Å²) in [4.78, 5) is 12.3. The first-order valence-electron chi connectivity index (χ1n) is 8.27. The van der Waals surface area contributed by atoms with Crippen LogP contribution in [0.1, 0.15) is 58.8 Å². The van der Waals surface area contributed by atoms with Crippen molar-refractivity contribution in [3.05, 3.63) is 0 Å². The highest BCUT2D eigenvalue weighted by Gasteiger charge is 2.29. The van der Waals surface area contributed by atoms with E-state index in [2.05, 4.69) is 17.6 Å². The van der Waals surface area contributed by atoms with Crippen molar-refractivity contribution in [1.29, 1.82) is 0 Å². The zero-order valence-corrected chi connectivity index (χ0v) is 14.3. The number of rotatable bonds is 6. The number of piperidine rings is 1. The van der Waals surface area contributed by atoms with Gasteiger partial charge in [-0.15, -0.1) is 12.4 Å². The Labute approximate surface area is 135 Å². The van der Waals surface area contributed by atoms with Crippen LogP contribution in [0.2, 0.25) is 0 Å². The summed E-state index contributed by atoms with van der Waals surface area (Å²) in [5.41, 5.74) is 0.243. The van der Waals surface area contributed by atoms with E-state index in [1.807, 2.05) is 6.92 Å². The van der Waals surface area contributed by atoms with Crippen LogP contribution in [0.3, 0.4) is 0 Å². The van der Waals surface area contributed by atoms with E-state index in [0.29, 0.717) is 6.10 Å². The van der Waals surface area contributed by atoms with Gasteiger partial charge in [0.2, 0.25) is 5.91 Å². The van der Waals surface area contributed by atoms with Crippen molar-refractivity contribution in [2.75, 3.05) is 19.6 Å². The molecule has 1 atom stereocenters. The number of carbonyl (C=O) groups is 1. The second-order valence-corrected chi connectivity index (χ2v) is 6.72. The highest BCUT2D eigenvalue weighted by molar-refractivity contribution is 5.85. The van der Waals surface area contributed by atoms with Crippen LogP contribution in [-0.4, -0.2) is 37.7 Å². The molecule has 0 aromatic heterocycles. The van der Waals surface area contributed by atoms with Crippen LogP contribution in [0.4, 0.5) is 0 Å². The Kier molecular flexibility index (Phi) is 7.99. The molecule has 1 aliphatic carbocycles. The number of hydrogen-bond acceptors (Lipinski definition) is 3. The summed E-state index contributed by atoms with van der Waals surface area (Å²) in [5.74, 6) is 0.0826. The van der Waals surface area contributed by atoms with Gasteiger partial charge in [-0.1, -0.05) is 26.7 Å². The van der Waals surface area contributed by atoms with Crippen molar-refractivity contribution < 1.29 is 9.53 Å². The zero-order chi connectivity index (χ0) is 14.4. The molecule has 1 unspecified atom stereocenters. The Morgan fingerprint density at radius 2 is 1.95 bits per heavy atom. The van der Waals surface area contributed by atoms with Crippen molar-refractivity contribution in [2.45, 2.75) is 71.0 Å². The number of hydrogen-bond donors (Lipinski definition) is 2. The minimum Gasteiger partial charge on any atom is -0.365 e. The highest BCUT2D eigenvalue weighted by atomic mass is 35.5. The predicted octanol–water partition coefficient (Wildman–Crippen LogP) is 2.65. The Morgan fingerprint density at radius 1 is 1.33 bits per heavy atom. The zero-order valence-electron chi connectivity index (χ0n) is 13.5. The maximum Gasteiger partial charge on any atom is 0.249 e. The number of halogens is 1. The average Bonchev–Trinajstić information content (AvgIpc) is 2.96. The van der Waals surface area contributed by atoms with E-state index < -0.39 is 0 Å². The number of nitrogens with one attached hydrogen (secondary N) is 2. The van der Waals surface area contributed by atoms with Gasteiger partial charge in [0.25, 0.3) is 0 Å². The molecule has 0 spiro atoms. The average molecular weight is 319 g/mol. The fourth-order valence-electron chi connectivity index (χ4n) is 3.22. The van der Waals surface area contributed by atoms with Gasteiger partial charge in [-0.3, -0.25) is 4.79 Å². The molecule has 0 bridgehead atoms. The molecular formula is C16H31ClN2O2. The van der Waals surface area contributed by atoms with Gasteiger partial charge >= 0.3 is 0 Å². The van der Waals surface area contributed by atoms with Gasteiger partial charge in [-0.05, 0) is 50.6 Å². The first kappa shape index (κ1) is 18.7.